The van der Waals surface area contributed by atoms with Crippen molar-refractivity contribution in [1.82, 2.24) is 0 Å². The third kappa shape index (κ3) is 12.5. The molecule has 0 aromatic heterocycles. The maximum absolute atomic E-state index is 15.1. The largest absolute Gasteiger partial charge is 0.501 e. The van der Waals surface area contributed by atoms with Crippen LogP contribution in [0.1, 0.15) is 6.42 Å². The van der Waals surface area contributed by atoms with Crippen molar-refractivity contribution in [2.75, 3.05) is 101 Å². The minimum absolute atomic E-state index is 0.118. The van der Waals surface area contributed by atoms with E-state index >= 15 is 8.78 Å². The van der Waals surface area contributed by atoms with Crippen molar-refractivity contribution >= 4 is 8.80 Å². The Balaban J connectivity index is 7.30. The summed E-state index contributed by atoms with van der Waals surface area (Å²) >= 11 is 0. The summed E-state index contributed by atoms with van der Waals surface area (Å²) in [5.41, 5.74) is 0. The van der Waals surface area contributed by atoms with E-state index < -0.39 is 138 Å². The van der Waals surface area contributed by atoms with Gasteiger partial charge in [0.1, 0.15) is 0 Å². The molecule has 0 N–H and O–H groups in total. The molecule has 0 heterocycles. The maximum Gasteiger partial charge on any atom is 0.501 e. The van der Waals surface area contributed by atoms with Crippen LogP contribution in [0.4, 0.5) is 119 Å². The smallest absolute Gasteiger partial charge is 0.382 e. The van der Waals surface area contributed by atoms with Crippen LogP contribution in [0.3, 0.4) is 0 Å². The Kier molecular flexibility index (Phi) is 22.3. The van der Waals surface area contributed by atoms with E-state index in [-0.39, 0.29) is 39.6 Å². The summed E-state index contributed by atoms with van der Waals surface area (Å²) < 4.78 is 423. The summed E-state index contributed by atoms with van der Waals surface area (Å²) in [5, 5.41) is 0. The first-order chi connectivity index (χ1) is 29.9. The topological polar surface area (TPSA) is 83.1 Å². The zero-order valence-corrected chi connectivity index (χ0v) is 34.8. The normalized spacial score (nSPS) is 15.5. The van der Waals surface area contributed by atoms with E-state index in [4.69, 9.17) is 27.5 Å². The van der Waals surface area contributed by atoms with Gasteiger partial charge in [-0.25, -0.2) is 0 Å². The van der Waals surface area contributed by atoms with Crippen LogP contribution >= 0.6 is 0 Å². The van der Waals surface area contributed by atoms with Crippen LogP contribution < -0.4 is 0 Å². The Bertz CT molecular complexity index is 1440. The van der Waals surface area contributed by atoms with Gasteiger partial charge in [0.05, 0.1) is 79.3 Å². The number of hydrogen-bond acceptors (Lipinski definition) is 9. The predicted molar refractivity (Wildman–Crippen MR) is 167 cm³/mol. The summed E-state index contributed by atoms with van der Waals surface area (Å²) in [6.45, 7) is -5.62. The Labute approximate surface area is 360 Å². The van der Waals surface area contributed by atoms with E-state index in [1.807, 2.05) is 0 Å². The number of alkyl halides is 27. The zero-order chi connectivity index (χ0) is 53.3. The van der Waals surface area contributed by atoms with Crippen LogP contribution in [-0.2, 0) is 41.7 Å². The third-order valence-corrected chi connectivity index (χ3v) is 11.2. The summed E-state index contributed by atoms with van der Waals surface area (Å²) in [5.74, 6) is -110. The van der Waals surface area contributed by atoms with E-state index in [9.17, 15) is 110 Å². The molecule has 0 unspecified atom stereocenters. The van der Waals surface area contributed by atoms with Gasteiger partial charge in [-0.15, -0.1) is 0 Å². The molecular formula is C30H37F27O9Si. The Morgan fingerprint density at radius 2 is 0.478 bits per heavy atom. The highest BCUT2D eigenvalue weighted by molar-refractivity contribution is 6.60. The van der Waals surface area contributed by atoms with Crippen molar-refractivity contribution in [1.29, 1.82) is 0 Å². The summed E-state index contributed by atoms with van der Waals surface area (Å²) in [6, 6.07) is -2.07. The van der Waals surface area contributed by atoms with Gasteiger partial charge in [-0.3, -0.25) is 0 Å². The molecule has 0 saturated heterocycles. The lowest BCUT2D eigenvalue weighted by Gasteiger charge is -2.46. The summed E-state index contributed by atoms with van der Waals surface area (Å²) in [6.07, 6.45) is -11.4. The SMILES string of the molecule is COCCOCCO[Si](CCC(F)(F)C(F)(F)C(F)(F)C(F)(F)C(F)(F)C(F)(F)C(F)(F)C(F)(F)C(F)(F)C(F)(F)C(F)(F)C(F)(F)C(F)(F)F)(OCCOCCOC)OCCOCCOC. The van der Waals surface area contributed by atoms with Crippen LogP contribution in [0.25, 0.3) is 0 Å². The highest BCUT2D eigenvalue weighted by Gasteiger charge is 3.00. The van der Waals surface area contributed by atoms with Crippen molar-refractivity contribution in [3.63, 3.8) is 0 Å². The minimum atomic E-state index is -9.86. The molecule has 0 atom stereocenters. The first kappa shape index (κ1) is 65.0. The Morgan fingerprint density at radius 3 is 0.701 bits per heavy atom. The monoisotopic (exact) mass is 1080 g/mol. The molecule has 0 aromatic rings. The molecular weight excluding hydrogens is 1050 g/mol. The molecule has 0 spiro atoms. The highest BCUT2D eigenvalue weighted by atomic mass is 28.4. The van der Waals surface area contributed by atoms with Gasteiger partial charge in [0.15, 0.2) is 0 Å². The second kappa shape index (κ2) is 23.0. The van der Waals surface area contributed by atoms with Crippen molar-refractivity contribution < 1.29 is 160 Å². The molecule has 0 bridgehead atoms. The van der Waals surface area contributed by atoms with Gasteiger partial charge in [-0.2, -0.15) is 119 Å². The van der Waals surface area contributed by atoms with Crippen molar-refractivity contribution in [3.8, 4) is 0 Å². The van der Waals surface area contributed by atoms with Gasteiger partial charge >= 0.3 is 86.1 Å². The second-order valence-electron chi connectivity index (χ2n) is 13.1. The molecule has 0 fully saturated rings. The number of halogens is 27. The first-order valence-corrected chi connectivity index (χ1v) is 19.5. The van der Waals surface area contributed by atoms with Gasteiger partial charge in [0.25, 0.3) is 0 Å². The lowest BCUT2D eigenvalue weighted by atomic mass is 9.84. The predicted octanol–water partition coefficient (Wildman–Crippen LogP) is 9.54. The molecule has 9 nitrogen and oxygen atoms in total. The second-order valence-corrected chi connectivity index (χ2v) is 15.8. The maximum atomic E-state index is 15.1. The Morgan fingerprint density at radius 1 is 0.269 bits per heavy atom. The highest BCUT2D eigenvalue weighted by Crippen LogP contribution is 2.68. The van der Waals surface area contributed by atoms with E-state index in [1.165, 1.54) is 21.3 Å². The molecule has 0 aliphatic rings. The molecule has 0 saturated carbocycles. The van der Waals surface area contributed by atoms with Gasteiger partial charge in [-0.05, 0) is 0 Å². The van der Waals surface area contributed by atoms with Crippen molar-refractivity contribution in [2.24, 2.45) is 0 Å². The summed E-state index contributed by atoms with van der Waals surface area (Å²) in [7, 11) is -1.76. The van der Waals surface area contributed by atoms with Crippen LogP contribution in [0, 0.1) is 0 Å². The van der Waals surface area contributed by atoms with E-state index in [0.717, 1.165) is 0 Å². The fourth-order valence-electron chi connectivity index (χ4n) is 4.49. The van der Waals surface area contributed by atoms with Gasteiger partial charge in [-0.1, -0.05) is 0 Å². The number of rotatable bonds is 35. The zero-order valence-electron chi connectivity index (χ0n) is 33.8. The van der Waals surface area contributed by atoms with Gasteiger partial charge in [0.2, 0.25) is 0 Å². The van der Waals surface area contributed by atoms with E-state index in [2.05, 4.69) is 14.2 Å². The molecule has 0 radical (unpaired) electrons. The van der Waals surface area contributed by atoms with Crippen LogP contribution in [-0.4, -0.2) is 187 Å². The summed E-state index contributed by atoms with van der Waals surface area (Å²) in [4.78, 5) is 0. The fourth-order valence-corrected chi connectivity index (χ4v) is 6.98. The molecule has 37 heteroatoms. The number of ether oxygens (including phenoxy) is 6. The van der Waals surface area contributed by atoms with E-state index in [1.54, 1.807) is 0 Å². The van der Waals surface area contributed by atoms with Crippen LogP contribution in [0.5, 0.6) is 0 Å². The average Bonchev–Trinajstić information content (AvgIpc) is 3.19. The first-order valence-electron chi connectivity index (χ1n) is 17.6. The molecule has 67 heavy (non-hydrogen) atoms. The quantitative estimate of drug-likeness (QED) is 0.0351. The molecule has 0 aliphatic carbocycles. The Hall–Kier alpha value is -2.03. The minimum Gasteiger partial charge on any atom is -0.382 e. The molecule has 0 aliphatic heterocycles. The molecule has 0 aromatic carbocycles. The van der Waals surface area contributed by atoms with Crippen LogP contribution in [0.2, 0.25) is 6.04 Å². The molecule has 404 valence electrons. The fraction of sp³-hybridized carbons (Fsp3) is 1.00. The van der Waals surface area contributed by atoms with Crippen molar-refractivity contribution in [2.45, 2.75) is 89.7 Å². The molecule has 0 rings (SSSR count). The lowest BCUT2D eigenvalue weighted by Crippen LogP contribution is -2.78. The lowest BCUT2D eigenvalue weighted by molar-refractivity contribution is -0.485. The third-order valence-electron chi connectivity index (χ3n) is 8.45. The standard InChI is InChI=1S/C30H37F27O9Si/c1-58-5-8-61-11-14-64-67(65-15-12-62-9-6-59-2,66-16-13-63-10-7-60-3)17-4-18(31,32)19(33,34)20(35,36)21(37,38)22(39,40)23(41,42)24(43,44)25(45,46)26(47,48)27(49,50)28(51,52)29(53,54)30(55,56)57/h4-17H2,1-3H3. The average molecular weight is 1080 g/mol. The van der Waals surface area contributed by atoms with Gasteiger partial charge < -0.3 is 41.7 Å². The van der Waals surface area contributed by atoms with Crippen LogP contribution in [0.15, 0.2) is 0 Å². The van der Waals surface area contributed by atoms with Gasteiger partial charge in [0, 0.05) is 33.8 Å². The molecule has 0 amide bonds. The number of hydrogen-bond donors (Lipinski definition) is 0. The van der Waals surface area contributed by atoms with Crippen molar-refractivity contribution in [3.05, 3.63) is 0 Å². The van der Waals surface area contributed by atoms with E-state index in [0.29, 0.717) is 0 Å². The number of methoxy groups -OCH3 is 3.